The van der Waals surface area contributed by atoms with Gasteiger partial charge in [0.1, 0.15) is 0 Å². The number of hydrogen-bond acceptors (Lipinski definition) is 2. The summed E-state index contributed by atoms with van der Waals surface area (Å²) in [5.41, 5.74) is 3.20. The summed E-state index contributed by atoms with van der Waals surface area (Å²) in [5, 5.41) is 0. The molecule has 0 radical (unpaired) electrons. The average molecular weight is 258 g/mol. The highest BCUT2D eigenvalue weighted by Crippen LogP contribution is 2.36. The van der Waals surface area contributed by atoms with Gasteiger partial charge in [-0.15, -0.1) is 0 Å². The molecule has 0 aliphatic carbocycles. The van der Waals surface area contributed by atoms with E-state index in [1.807, 2.05) is 0 Å². The Morgan fingerprint density at radius 3 is 2.69 bits per heavy atom. The van der Waals surface area contributed by atoms with E-state index in [2.05, 4.69) is 20.9 Å². The lowest BCUT2D eigenvalue weighted by atomic mass is 10.2. The Balaban J connectivity index is 3.41. The first-order chi connectivity index (χ1) is 7.05. The van der Waals surface area contributed by atoms with Crippen molar-refractivity contribution in [2.75, 3.05) is 5.73 Å². The molecule has 13 heavy (non-hydrogen) atoms. The van der Waals surface area contributed by atoms with Crippen LogP contribution >= 0.6 is 15.9 Å². The van der Waals surface area contributed by atoms with Crippen molar-refractivity contribution < 1.29 is 17.3 Å². The van der Waals surface area contributed by atoms with Crippen LogP contribution in [0, 0.1) is 6.85 Å². The van der Waals surface area contributed by atoms with Crippen molar-refractivity contribution in [2.24, 2.45) is 0 Å². The van der Waals surface area contributed by atoms with Gasteiger partial charge in [-0.05, 0) is 28.3 Å². The zero-order valence-electron chi connectivity index (χ0n) is 9.11. The number of halogens is 4. The van der Waals surface area contributed by atoms with Crippen LogP contribution in [-0.2, 0) is 6.18 Å². The number of alkyl halides is 3. The molecule has 0 unspecified atom stereocenters. The summed E-state index contributed by atoms with van der Waals surface area (Å²) >= 11 is 2.60. The number of nitrogens with two attached hydrogens (primary N) is 1. The lowest BCUT2D eigenvalue weighted by molar-refractivity contribution is -0.141. The summed E-state index contributed by atoms with van der Waals surface area (Å²) in [4.78, 5) is 3.06. The maximum Gasteiger partial charge on any atom is 0.434 e. The van der Waals surface area contributed by atoms with E-state index in [0.717, 1.165) is 0 Å². The van der Waals surface area contributed by atoms with Crippen LogP contribution in [0.2, 0.25) is 0 Å². The summed E-state index contributed by atoms with van der Waals surface area (Å²) in [7, 11) is 0. The Kier molecular flexibility index (Phi) is 1.62. The third-order valence-electron chi connectivity index (χ3n) is 1.33. The van der Waals surface area contributed by atoms with Gasteiger partial charge in [-0.1, -0.05) is 0 Å². The highest BCUT2D eigenvalue weighted by molar-refractivity contribution is 9.10. The van der Waals surface area contributed by atoms with Gasteiger partial charge >= 0.3 is 6.18 Å². The molecule has 0 aliphatic rings. The molecule has 72 valence electrons. The number of nitrogens with zero attached hydrogens (tertiary/aromatic N) is 1. The first kappa shape index (κ1) is 6.64. The maximum absolute atomic E-state index is 12.4. The highest BCUT2D eigenvalue weighted by atomic mass is 79.9. The van der Waals surface area contributed by atoms with Gasteiger partial charge in [-0.3, -0.25) is 4.98 Å². The molecule has 0 amide bonds. The van der Waals surface area contributed by atoms with Gasteiger partial charge in [0.05, 0.1) is 10.2 Å². The first-order valence-corrected chi connectivity index (χ1v) is 3.86. The Morgan fingerprint density at radius 1 is 1.62 bits per heavy atom. The minimum Gasteiger partial charge on any atom is -0.397 e. The molecule has 0 spiro atoms. The highest BCUT2D eigenvalue weighted by Gasteiger charge is 2.35. The SMILES string of the molecule is [2H]C([2H])([2H])c1cnc(C(F)(F)F)c(Br)c1N. The summed E-state index contributed by atoms with van der Waals surface area (Å²) in [5.74, 6) is 0. The molecule has 0 fully saturated rings. The molecule has 0 aromatic carbocycles. The maximum atomic E-state index is 12.4. The van der Waals surface area contributed by atoms with Crippen molar-refractivity contribution in [3.8, 4) is 0 Å². The van der Waals surface area contributed by atoms with Crippen molar-refractivity contribution in [2.45, 2.75) is 13.0 Å². The Morgan fingerprint density at radius 2 is 2.23 bits per heavy atom. The van der Waals surface area contributed by atoms with Crippen LogP contribution in [0.5, 0.6) is 0 Å². The molecule has 0 atom stereocenters. The van der Waals surface area contributed by atoms with E-state index in [-0.39, 0.29) is 0 Å². The quantitative estimate of drug-likeness (QED) is 0.777. The van der Waals surface area contributed by atoms with Crippen molar-refractivity contribution in [1.82, 2.24) is 4.98 Å². The zero-order chi connectivity index (χ0) is 12.7. The molecule has 1 rings (SSSR count). The van der Waals surface area contributed by atoms with Crippen LogP contribution in [0.1, 0.15) is 15.4 Å². The number of pyridine rings is 1. The monoisotopic (exact) mass is 257 g/mol. The van der Waals surface area contributed by atoms with Gasteiger partial charge in [0.15, 0.2) is 5.69 Å². The average Bonchev–Trinajstić information content (AvgIpc) is 2.05. The first-order valence-electron chi connectivity index (χ1n) is 4.57. The largest absolute Gasteiger partial charge is 0.434 e. The van der Waals surface area contributed by atoms with Crippen LogP contribution in [0.3, 0.4) is 0 Å². The van der Waals surface area contributed by atoms with E-state index in [9.17, 15) is 13.2 Å². The minimum absolute atomic E-state index is 0.410. The Bertz CT molecular complexity index is 378. The van der Waals surface area contributed by atoms with Crippen LogP contribution in [0.15, 0.2) is 10.7 Å². The number of nitrogen functional groups attached to an aromatic ring is 1. The van der Waals surface area contributed by atoms with E-state index in [1.54, 1.807) is 0 Å². The van der Waals surface area contributed by atoms with E-state index < -0.39 is 34.4 Å². The van der Waals surface area contributed by atoms with Gasteiger partial charge in [0.25, 0.3) is 0 Å². The summed E-state index contributed by atoms with van der Waals surface area (Å²) in [6, 6.07) is 0. The van der Waals surface area contributed by atoms with E-state index in [0.29, 0.717) is 6.20 Å². The molecular weight excluding hydrogens is 249 g/mol. The number of rotatable bonds is 0. The van der Waals surface area contributed by atoms with E-state index in [4.69, 9.17) is 9.85 Å². The number of anilines is 1. The second kappa shape index (κ2) is 3.17. The smallest absolute Gasteiger partial charge is 0.397 e. The third-order valence-corrected chi connectivity index (χ3v) is 2.13. The molecular formula is C7H6BrF3N2. The lowest BCUT2D eigenvalue weighted by Gasteiger charge is -2.10. The Labute approximate surface area is 85.3 Å². The fourth-order valence-corrected chi connectivity index (χ4v) is 1.24. The van der Waals surface area contributed by atoms with Gasteiger partial charge in [0.2, 0.25) is 0 Å². The molecule has 0 aliphatic heterocycles. The molecule has 1 aromatic heterocycles. The second-order valence-electron chi connectivity index (χ2n) is 2.25. The lowest BCUT2D eigenvalue weighted by Crippen LogP contribution is -2.11. The zero-order valence-corrected chi connectivity index (χ0v) is 7.70. The standard InChI is InChI=1S/C7H6BrF3N2/c1-3-2-13-6(7(9,10)11)4(8)5(3)12/h2H,1H3,(H2,12,13)/i1D3. The number of aromatic nitrogens is 1. The number of aryl methyl sites for hydroxylation is 1. The van der Waals surface area contributed by atoms with Crippen molar-refractivity contribution in [3.63, 3.8) is 0 Å². The molecule has 2 nitrogen and oxygen atoms in total. The summed E-state index contributed by atoms with van der Waals surface area (Å²) < 4.78 is 57.7. The topological polar surface area (TPSA) is 38.9 Å². The van der Waals surface area contributed by atoms with Crippen LogP contribution in [0.4, 0.5) is 18.9 Å². The number of hydrogen-bond donors (Lipinski definition) is 1. The van der Waals surface area contributed by atoms with Crippen molar-refractivity contribution in [1.29, 1.82) is 0 Å². The fourth-order valence-electron chi connectivity index (χ4n) is 0.699. The van der Waals surface area contributed by atoms with Gasteiger partial charge < -0.3 is 5.73 Å². The molecule has 6 heteroatoms. The second-order valence-corrected chi connectivity index (χ2v) is 3.04. The molecule has 0 saturated carbocycles. The van der Waals surface area contributed by atoms with E-state index in [1.165, 1.54) is 0 Å². The fraction of sp³-hybridized carbons (Fsp3) is 0.286. The molecule has 1 aromatic rings. The van der Waals surface area contributed by atoms with Crippen molar-refractivity contribution in [3.05, 3.63) is 21.9 Å². The van der Waals surface area contributed by atoms with E-state index >= 15 is 0 Å². The summed E-state index contributed by atoms with van der Waals surface area (Å²) in [6.07, 6.45) is -4.06. The normalized spacial score (nSPS) is 16.2. The van der Waals surface area contributed by atoms with Crippen LogP contribution in [-0.4, -0.2) is 4.98 Å². The van der Waals surface area contributed by atoms with Crippen LogP contribution in [0.25, 0.3) is 0 Å². The molecule has 0 bridgehead atoms. The predicted molar refractivity (Wildman–Crippen MR) is 46.1 cm³/mol. The minimum atomic E-state index is -4.68. The van der Waals surface area contributed by atoms with Crippen molar-refractivity contribution >= 4 is 21.6 Å². The molecule has 0 saturated heterocycles. The predicted octanol–water partition coefficient (Wildman–Crippen LogP) is 2.75. The van der Waals surface area contributed by atoms with Gasteiger partial charge in [-0.25, -0.2) is 0 Å². The molecule has 2 N–H and O–H groups in total. The summed E-state index contributed by atoms with van der Waals surface area (Å²) in [6.45, 7) is -2.59. The van der Waals surface area contributed by atoms with Gasteiger partial charge in [-0.2, -0.15) is 13.2 Å². The third kappa shape index (κ3) is 1.93. The van der Waals surface area contributed by atoms with Crippen LogP contribution < -0.4 is 5.73 Å². The van der Waals surface area contributed by atoms with Gasteiger partial charge in [0, 0.05) is 10.3 Å². The Hall–Kier alpha value is -0.780. The molecule has 1 heterocycles.